The summed E-state index contributed by atoms with van der Waals surface area (Å²) in [6.45, 7) is 0. The first-order valence-corrected chi connectivity index (χ1v) is 28.7. The van der Waals surface area contributed by atoms with E-state index in [4.69, 9.17) is 0 Å². The van der Waals surface area contributed by atoms with E-state index >= 15 is 0 Å². The molecule has 1 atom stereocenters. The number of aromatic nitrogens is 1. The van der Waals surface area contributed by atoms with Crippen LogP contribution in [0.3, 0.4) is 0 Å². The summed E-state index contributed by atoms with van der Waals surface area (Å²) in [6, 6.07) is 114. The van der Waals surface area contributed by atoms with Gasteiger partial charge in [0.1, 0.15) is 0 Å². The second kappa shape index (κ2) is 17.0. The maximum absolute atomic E-state index is 2.57. The van der Waals surface area contributed by atoms with Gasteiger partial charge in [-0.2, -0.15) is 0 Å². The van der Waals surface area contributed by atoms with Gasteiger partial charge in [0.2, 0.25) is 0 Å². The second-order valence-electron chi connectivity index (χ2n) is 22.6. The van der Waals surface area contributed by atoms with Crippen molar-refractivity contribution < 1.29 is 0 Å². The number of hydrogen-bond acceptors (Lipinski definition) is 1. The normalized spacial score (nSPS) is 15.0. The average Bonchev–Trinajstić information content (AvgIpc) is 1.64. The number of benzene rings is 13. The second-order valence-corrected chi connectivity index (χ2v) is 22.6. The van der Waals surface area contributed by atoms with Crippen molar-refractivity contribution in [2.75, 3.05) is 4.90 Å². The molecule has 1 aromatic heterocycles. The average molecular weight is 1040 g/mol. The molecule has 0 radical (unpaired) electrons. The minimum absolute atomic E-state index is 0.499. The highest BCUT2D eigenvalue weighted by atomic mass is 15.1. The highest BCUT2D eigenvalue weighted by molar-refractivity contribution is 6.13. The van der Waals surface area contributed by atoms with Crippen LogP contribution in [0.15, 0.2) is 303 Å². The first kappa shape index (κ1) is 45.3. The Morgan fingerprint density at radius 3 is 1.49 bits per heavy atom. The van der Waals surface area contributed by atoms with Crippen molar-refractivity contribution in [3.63, 3.8) is 0 Å². The zero-order chi connectivity index (χ0) is 53.7. The highest BCUT2D eigenvalue weighted by Crippen LogP contribution is 2.66. The van der Waals surface area contributed by atoms with E-state index in [9.17, 15) is 0 Å². The van der Waals surface area contributed by atoms with E-state index < -0.39 is 10.8 Å². The molecular weight excluding hydrogens is 989 g/mol. The lowest BCUT2D eigenvalue weighted by atomic mass is 9.65. The van der Waals surface area contributed by atoms with Crippen LogP contribution in [-0.2, 0) is 10.8 Å². The fourth-order valence-corrected chi connectivity index (χ4v) is 15.7. The molecule has 13 aromatic carbocycles. The van der Waals surface area contributed by atoms with Crippen LogP contribution < -0.4 is 4.90 Å². The monoisotopic (exact) mass is 1040 g/mol. The van der Waals surface area contributed by atoms with E-state index in [0.29, 0.717) is 0 Å². The predicted molar refractivity (Wildman–Crippen MR) is 339 cm³/mol. The van der Waals surface area contributed by atoms with E-state index in [1.54, 1.807) is 0 Å². The lowest BCUT2D eigenvalue weighted by Gasteiger charge is -2.39. The summed E-state index contributed by atoms with van der Waals surface area (Å²) in [5.41, 5.74) is 31.3. The van der Waals surface area contributed by atoms with Crippen LogP contribution >= 0.6 is 0 Å². The molecule has 2 heterocycles. The molecule has 380 valence electrons. The molecule has 3 aliphatic carbocycles. The minimum Gasteiger partial charge on any atom is -0.309 e. The summed E-state index contributed by atoms with van der Waals surface area (Å²) in [7, 11) is 0. The van der Waals surface area contributed by atoms with Crippen molar-refractivity contribution in [1.82, 2.24) is 4.57 Å². The van der Waals surface area contributed by atoms with Crippen molar-refractivity contribution in [2.45, 2.75) is 10.8 Å². The number of fused-ring (bicyclic) bond motifs is 22. The maximum atomic E-state index is 2.57. The van der Waals surface area contributed by atoms with E-state index in [1.165, 1.54) is 122 Å². The van der Waals surface area contributed by atoms with Crippen molar-refractivity contribution in [1.29, 1.82) is 0 Å². The van der Waals surface area contributed by atoms with Gasteiger partial charge in [-0.15, -0.1) is 0 Å². The Morgan fingerprint density at radius 2 is 0.732 bits per heavy atom. The molecule has 2 spiro atoms. The number of hydrogen-bond donors (Lipinski definition) is 0. The topological polar surface area (TPSA) is 8.17 Å². The number of anilines is 3. The number of para-hydroxylation sites is 4. The summed E-state index contributed by atoms with van der Waals surface area (Å²) < 4.78 is 2.53. The lowest BCUT2D eigenvalue weighted by molar-refractivity contribution is 0.749. The third kappa shape index (κ3) is 5.87. The third-order valence-corrected chi connectivity index (χ3v) is 18.8. The molecule has 0 amide bonds. The van der Waals surface area contributed by atoms with Crippen LogP contribution in [0.5, 0.6) is 0 Å². The molecule has 18 rings (SSSR count). The van der Waals surface area contributed by atoms with E-state index in [1.807, 2.05) is 0 Å². The fourth-order valence-electron chi connectivity index (χ4n) is 15.7. The van der Waals surface area contributed by atoms with Crippen molar-refractivity contribution in [3.8, 4) is 72.4 Å². The van der Waals surface area contributed by atoms with Crippen LogP contribution in [0.1, 0.15) is 44.5 Å². The van der Waals surface area contributed by atoms with Gasteiger partial charge in [0.05, 0.1) is 38.9 Å². The highest BCUT2D eigenvalue weighted by Gasteiger charge is 2.53. The Kier molecular flexibility index (Phi) is 9.39. The molecule has 0 bridgehead atoms. The molecule has 82 heavy (non-hydrogen) atoms. The van der Waals surface area contributed by atoms with Crippen molar-refractivity contribution in [3.05, 3.63) is 348 Å². The SMILES string of the molecule is c1ccc(-c2cccc(-c3ccccc3N(c3cccc(-c4ccc5c(c4)C4(c6ccccc6-5)c5ccccc5-n5c6ccccc6c6cccc4c65)c3)c3cccc4c3-c3ccccc3C43c4ccccc4-c4ccccc43)c2)cc1. The summed E-state index contributed by atoms with van der Waals surface area (Å²) in [5.74, 6) is 0. The van der Waals surface area contributed by atoms with Gasteiger partial charge in [0, 0.05) is 27.6 Å². The summed E-state index contributed by atoms with van der Waals surface area (Å²) in [4.78, 5) is 2.57. The Morgan fingerprint density at radius 1 is 0.256 bits per heavy atom. The molecular formula is C80H50N2. The van der Waals surface area contributed by atoms with Crippen LogP contribution in [-0.4, -0.2) is 4.57 Å². The van der Waals surface area contributed by atoms with Crippen LogP contribution in [0.25, 0.3) is 94.3 Å². The predicted octanol–water partition coefficient (Wildman–Crippen LogP) is 20.3. The fraction of sp³-hybridized carbons (Fsp3) is 0.0250. The molecule has 2 nitrogen and oxygen atoms in total. The first-order valence-electron chi connectivity index (χ1n) is 28.7. The van der Waals surface area contributed by atoms with Gasteiger partial charge in [-0.05, 0) is 149 Å². The largest absolute Gasteiger partial charge is 0.309 e. The molecule has 0 saturated heterocycles. The maximum Gasteiger partial charge on any atom is 0.0754 e. The van der Waals surface area contributed by atoms with E-state index in [2.05, 4.69) is 313 Å². The smallest absolute Gasteiger partial charge is 0.0754 e. The summed E-state index contributed by atoms with van der Waals surface area (Å²) in [5, 5.41) is 2.56. The molecule has 1 aliphatic heterocycles. The number of nitrogens with zero attached hydrogens (tertiary/aromatic N) is 2. The molecule has 14 aromatic rings. The molecule has 0 N–H and O–H groups in total. The molecule has 4 aliphatic rings. The van der Waals surface area contributed by atoms with Crippen molar-refractivity contribution in [2.24, 2.45) is 0 Å². The summed E-state index contributed by atoms with van der Waals surface area (Å²) in [6.07, 6.45) is 0. The standard InChI is InChI=1S/C80H50N2/c1-2-22-51(23-3-1)52-24-18-26-55(48-52)57-28-8-15-42-73(57)81(76-45-21-40-70-77(76)64-33-7-13-38-68(64)79(70)65-35-10-4-29-58(65)59-30-5-11-36-66(59)79)56-27-19-25-53(49-56)54-46-47-61-60-31-6-12-37-67(60)80(72(61)50-54)69-39-14-17-44-75(69)82-74-43-16-9-32-62(74)63-34-20-41-71(80)78(63)82/h1-50H. The molecule has 1 unspecified atom stereocenters. The molecule has 0 fully saturated rings. The van der Waals surface area contributed by atoms with Crippen LogP contribution in [0, 0.1) is 0 Å². The minimum atomic E-state index is -0.565. The van der Waals surface area contributed by atoms with Crippen LogP contribution in [0.2, 0.25) is 0 Å². The Labute approximate surface area is 476 Å². The van der Waals surface area contributed by atoms with E-state index in [-0.39, 0.29) is 0 Å². The van der Waals surface area contributed by atoms with Gasteiger partial charge < -0.3 is 9.47 Å². The molecule has 2 heteroatoms. The van der Waals surface area contributed by atoms with Crippen LogP contribution in [0.4, 0.5) is 17.1 Å². The quantitative estimate of drug-likeness (QED) is 0.161. The lowest BCUT2D eigenvalue weighted by Crippen LogP contribution is -2.33. The zero-order valence-corrected chi connectivity index (χ0v) is 44.8. The zero-order valence-electron chi connectivity index (χ0n) is 44.8. The third-order valence-electron chi connectivity index (χ3n) is 18.8. The Hall–Kier alpha value is -10.5. The van der Waals surface area contributed by atoms with E-state index in [0.717, 1.165) is 33.8 Å². The first-order chi connectivity index (χ1) is 40.7. The van der Waals surface area contributed by atoms with Gasteiger partial charge in [-0.3, -0.25) is 0 Å². The van der Waals surface area contributed by atoms with Crippen molar-refractivity contribution >= 4 is 38.9 Å². The van der Waals surface area contributed by atoms with Gasteiger partial charge >= 0.3 is 0 Å². The Bertz CT molecular complexity index is 4970. The van der Waals surface area contributed by atoms with Gasteiger partial charge in [0.25, 0.3) is 0 Å². The van der Waals surface area contributed by atoms with Gasteiger partial charge in [0.15, 0.2) is 0 Å². The Balaban J connectivity index is 0.880. The van der Waals surface area contributed by atoms with Gasteiger partial charge in [-0.1, -0.05) is 255 Å². The number of rotatable bonds is 6. The molecule has 0 saturated carbocycles. The summed E-state index contributed by atoms with van der Waals surface area (Å²) >= 11 is 0. The van der Waals surface area contributed by atoms with Gasteiger partial charge in [-0.25, -0.2) is 0 Å².